The van der Waals surface area contributed by atoms with Crippen molar-refractivity contribution >= 4 is 19.1 Å². The van der Waals surface area contributed by atoms with Crippen LogP contribution in [0, 0.1) is 5.92 Å². The maximum Gasteiger partial charge on any atom is 0.250 e. The molecule has 2 heterocycles. The molecule has 5 nitrogen and oxygen atoms in total. The number of nitrogens with one attached hydrogen (secondary N) is 1. The van der Waals surface area contributed by atoms with E-state index in [1.807, 2.05) is 13.8 Å². The second kappa shape index (κ2) is 5.88. The molecule has 124 valence electrons. The van der Waals surface area contributed by atoms with Crippen LogP contribution in [-0.4, -0.2) is 59.6 Å². The molecule has 2 N–H and O–H groups in total. The number of aliphatic hydroxyl groups excluding tert-OH is 1. The van der Waals surface area contributed by atoms with Crippen molar-refractivity contribution in [3.8, 4) is 0 Å². The summed E-state index contributed by atoms with van der Waals surface area (Å²) >= 11 is 0. The van der Waals surface area contributed by atoms with E-state index >= 15 is 0 Å². The summed E-state index contributed by atoms with van der Waals surface area (Å²) in [5.41, 5.74) is -0.603. The second-order valence-electron chi connectivity index (χ2n) is 7.19. The fraction of sp³-hybridized carbons (Fsp3) is 0.625. The van der Waals surface area contributed by atoms with E-state index in [4.69, 9.17) is 4.74 Å². The van der Waals surface area contributed by atoms with Crippen molar-refractivity contribution in [1.82, 2.24) is 10.2 Å². The van der Waals surface area contributed by atoms with Gasteiger partial charge in [-0.3, -0.25) is 4.79 Å². The monoisotopic (exact) mass is 326 g/mol. The number of rotatable bonds is 4. The quantitative estimate of drug-likeness (QED) is 0.771. The Labute approximate surface area is 133 Å². The zero-order chi connectivity index (χ0) is 16.7. The first kappa shape index (κ1) is 17.3. The highest BCUT2D eigenvalue weighted by Crippen LogP contribution is 2.44. The summed E-state index contributed by atoms with van der Waals surface area (Å²) in [4.78, 5) is 13.1. The molecule has 1 amide bonds. The molecule has 1 fully saturated rings. The average molecular weight is 326 g/mol. The number of hydrogen-bond acceptors (Lipinski definition) is 4. The highest BCUT2D eigenvalue weighted by molar-refractivity contribution is 7.72. The maximum atomic E-state index is 11.3. The number of carbonyl (C=O) groups is 1. The van der Waals surface area contributed by atoms with E-state index in [1.54, 1.807) is 11.1 Å². The van der Waals surface area contributed by atoms with Gasteiger partial charge in [0.2, 0.25) is 0 Å². The van der Waals surface area contributed by atoms with Gasteiger partial charge >= 0.3 is 0 Å². The molecule has 0 aromatic rings. The summed E-state index contributed by atoms with van der Waals surface area (Å²) in [5, 5.41) is 13.3. The standard InChI is InChI=1S/C16H27N2O3P/c1-11-14(20)16(3,8-10-22(4,5)6)21-15(11)18-9-7-13(19)17-12(18)2/h7,9,11,14-15,20H,2,4,8,10H2,1,3,5-6H3,(H,17,19)/t11-,14+,15-,16-/m1/s1. The van der Waals surface area contributed by atoms with Crippen molar-refractivity contribution in [2.24, 2.45) is 5.92 Å². The van der Waals surface area contributed by atoms with Crippen LogP contribution >= 0.6 is 6.89 Å². The second-order valence-corrected chi connectivity index (χ2v) is 11.5. The van der Waals surface area contributed by atoms with Crippen molar-refractivity contribution in [2.45, 2.75) is 38.2 Å². The normalized spacial score (nSPS) is 35.9. The maximum absolute atomic E-state index is 11.3. The summed E-state index contributed by atoms with van der Waals surface area (Å²) in [6.45, 7) is 11.0. The Morgan fingerprint density at radius 2 is 2.18 bits per heavy atom. The zero-order valence-electron chi connectivity index (χ0n) is 13.9. The van der Waals surface area contributed by atoms with Crippen molar-refractivity contribution in [3.63, 3.8) is 0 Å². The van der Waals surface area contributed by atoms with Crippen LogP contribution in [0.3, 0.4) is 0 Å². The number of amides is 1. The molecule has 22 heavy (non-hydrogen) atoms. The van der Waals surface area contributed by atoms with Crippen molar-refractivity contribution < 1.29 is 14.6 Å². The number of aliphatic hydroxyl groups is 1. The SMILES string of the molecule is C=C1NC(=O)C=CN1[C@@H]1O[C@](C)(CCP(=C)(C)C)[C@@H](O)[C@H]1C. The van der Waals surface area contributed by atoms with Crippen molar-refractivity contribution in [1.29, 1.82) is 0 Å². The van der Waals surface area contributed by atoms with Gasteiger partial charge in [0.25, 0.3) is 5.91 Å². The molecule has 0 aromatic carbocycles. The van der Waals surface area contributed by atoms with E-state index in [0.717, 1.165) is 12.6 Å². The summed E-state index contributed by atoms with van der Waals surface area (Å²) in [7, 11) is 0. The molecule has 0 aromatic heterocycles. The van der Waals surface area contributed by atoms with Crippen LogP contribution in [0.4, 0.5) is 0 Å². The molecule has 4 atom stereocenters. The average Bonchev–Trinajstić information content (AvgIpc) is 2.61. The van der Waals surface area contributed by atoms with E-state index in [2.05, 4.69) is 31.5 Å². The summed E-state index contributed by atoms with van der Waals surface area (Å²) < 4.78 is 6.22. The summed E-state index contributed by atoms with van der Waals surface area (Å²) in [6.07, 6.45) is 8.17. The van der Waals surface area contributed by atoms with Crippen LogP contribution in [0.15, 0.2) is 24.7 Å². The fourth-order valence-corrected chi connectivity index (χ4v) is 3.98. The Balaban J connectivity index is 2.16. The largest absolute Gasteiger partial charge is 0.390 e. The molecule has 0 radical (unpaired) electrons. The zero-order valence-corrected chi connectivity index (χ0v) is 14.8. The Kier molecular flexibility index (Phi) is 4.63. The lowest BCUT2D eigenvalue weighted by Crippen LogP contribution is -2.43. The molecule has 2 aliphatic rings. The smallest absolute Gasteiger partial charge is 0.250 e. The number of nitrogens with zero attached hydrogens (tertiary/aromatic N) is 1. The molecule has 0 aliphatic carbocycles. The lowest BCUT2D eigenvalue weighted by Gasteiger charge is -2.34. The molecular weight excluding hydrogens is 299 g/mol. The molecule has 0 unspecified atom stereocenters. The van der Waals surface area contributed by atoms with Crippen molar-refractivity contribution in [3.05, 3.63) is 24.7 Å². The molecule has 0 saturated carbocycles. The Morgan fingerprint density at radius 1 is 1.55 bits per heavy atom. The van der Waals surface area contributed by atoms with Gasteiger partial charge in [-0.1, -0.05) is 13.5 Å². The third-order valence-electron chi connectivity index (χ3n) is 4.42. The molecule has 2 rings (SSSR count). The Hall–Kier alpha value is -1.03. The van der Waals surface area contributed by atoms with Gasteiger partial charge in [-0.2, -0.15) is 0 Å². The van der Waals surface area contributed by atoms with Gasteiger partial charge in [0.15, 0.2) is 0 Å². The van der Waals surface area contributed by atoms with Crippen LogP contribution in [-0.2, 0) is 9.53 Å². The third-order valence-corrected chi connectivity index (χ3v) is 5.85. The van der Waals surface area contributed by atoms with Gasteiger partial charge in [0.1, 0.15) is 12.0 Å². The van der Waals surface area contributed by atoms with E-state index in [0.29, 0.717) is 5.82 Å². The number of carbonyl (C=O) groups excluding carboxylic acids is 1. The van der Waals surface area contributed by atoms with E-state index in [1.165, 1.54) is 6.08 Å². The van der Waals surface area contributed by atoms with Gasteiger partial charge in [-0.25, -0.2) is 0 Å². The third kappa shape index (κ3) is 3.48. The lowest BCUT2D eigenvalue weighted by atomic mass is 9.90. The van der Waals surface area contributed by atoms with Gasteiger partial charge in [-0.05, 0) is 32.8 Å². The van der Waals surface area contributed by atoms with Crippen LogP contribution in [0.1, 0.15) is 20.3 Å². The van der Waals surface area contributed by atoms with E-state index in [-0.39, 0.29) is 18.1 Å². The first-order valence-electron chi connectivity index (χ1n) is 7.53. The molecule has 6 heteroatoms. The highest BCUT2D eigenvalue weighted by atomic mass is 31.2. The lowest BCUT2D eigenvalue weighted by molar-refractivity contribution is -0.120. The first-order chi connectivity index (χ1) is 10.0. The van der Waals surface area contributed by atoms with E-state index in [9.17, 15) is 9.90 Å². The van der Waals surface area contributed by atoms with Gasteiger partial charge < -0.3 is 20.1 Å². The fourth-order valence-electron chi connectivity index (χ4n) is 2.93. The minimum Gasteiger partial charge on any atom is -0.390 e. The summed E-state index contributed by atoms with van der Waals surface area (Å²) in [5.74, 6) is 0.192. The van der Waals surface area contributed by atoms with Crippen molar-refractivity contribution in [2.75, 3.05) is 19.5 Å². The summed E-state index contributed by atoms with van der Waals surface area (Å²) in [6, 6.07) is 0. The van der Waals surface area contributed by atoms with Crippen LogP contribution in [0.2, 0.25) is 0 Å². The molecule has 0 bridgehead atoms. The van der Waals surface area contributed by atoms with Crippen LogP contribution < -0.4 is 5.32 Å². The Bertz CT molecular complexity index is 554. The van der Waals surface area contributed by atoms with E-state index < -0.39 is 18.6 Å². The minimum atomic E-state index is -1.17. The Morgan fingerprint density at radius 3 is 2.73 bits per heavy atom. The highest BCUT2D eigenvalue weighted by Gasteiger charge is 2.51. The number of ether oxygens (including phenoxy) is 1. The minimum absolute atomic E-state index is 0.0901. The first-order valence-corrected chi connectivity index (χ1v) is 10.6. The van der Waals surface area contributed by atoms with Gasteiger partial charge in [0.05, 0.1) is 11.7 Å². The van der Waals surface area contributed by atoms with Crippen LogP contribution in [0.5, 0.6) is 0 Å². The predicted molar refractivity (Wildman–Crippen MR) is 92.1 cm³/mol. The topological polar surface area (TPSA) is 61.8 Å². The van der Waals surface area contributed by atoms with Gasteiger partial charge in [-0.15, -0.1) is 13.2 Å². The molecule has 2 aliphatic heterocycles. The number of hydrogen-bond donors (Lipinski definition) is 2. The molecule has 0 spiro atoms. The predicted octanol–water partition coefficient (Wildman–Crippen LogP) is 1.61. The molecule has 1 saturated heterocycles. The van der Waals surface area contributed by atoms with Gasteiger partial charge in [0, 0.05) is 18.2 Å². The van der Waals surface area contributed by atoms with Crippen LogP contribution in [0.25, 0.3) is 0 Å². The molecular formula is C16H27N2O3P.